The van der Waals surface area contributed by atoms with Crippen molar-refractivity contribution >= 4 is 0 Å². The number of methoxy groups -OCH3 is 1. The molecule has 0 spiro atoms. The summed E-state index contributed by atoms with van der Waals surface area (Å²) in [4.78, 5) is 0. The Hall–Kier alpha value is -0.870. The maximum Gasteiger partial charge on any atom is 0.0587 e. The lowest BCUT2D eigenvalue weighted by Gasteiger charge is -2.11. The van der Waals surface area contributed by atoms with E-state index in [4.69, 9.17) is 4.74 Å². The second-order valence-corrected chi connectivity index (χ2v) is 3.53. The lowest BCUT2D eigenvalue weighted by Crippen LogP contribution is -2.21. The number of hydrogen-bond donors (Lipinski definition) is 1. The van der Waals surface area contributed by atoms with E-state index in [1.807, 2.05) is 16.9 Å². The molecule has 0 bridgehead atoms. The first kappa shape index (κ1) is 11.2. The van der Waals surface area contributed by atoms with Crippen molar-refractivity contribution in [3.05, 3.63) is 18.0 Å². The zero-order valence-corrected chi connectivity index (χ0v) is 9.16. The van der Waals surface area contributed by atoms with Crippen molar-refractivity contribution in [2.24, 2.45) is 0 Å². The summed E-state index contributed by atoms with van der Waals surface area (Å²) in [6, 6.07) is 2.46. The van der Waals surface area contributed by atoms with Crippen LogP contribution in [0.25, 0.3) is 0 Å². The van der Waals surface area contributed by atoms with Gasteiger partial charge in [0.1, 0.15) is 0 Å². The number of ether oxygens (including phenoxy) is 1. The molecule has 1 aromatic heterocycles. The van der Waals surface area contributed by atoms with E-state index in [2.05, 4.69) is 24.3 Å². The Labute approximate surface area is 85.3 Å². The van der Waals surface area contributed by atoms with Crippen molar-refractivity contribution < 1.29 is 4.74 Å². The standard InChI is InChI=1S/C10H19N3O/c1-9(2)13-10(4-5-12-13)8-11-6-7-14-3/h4-5,9,11H,6-8H2,1-3H3. The highest BCUT2D eigenvalue weighted by Gasteiger charge is 2.04. The van der Waals surface area contributed by atoms with Gasteiger partial charge < -0.3 is 10.1 Å². The van der Waals surface area contributed by atoms with Crippen molar-refractivity contribution in [1.29, 1.82) is 0 Å². The fourth-order valence-corrected chi connectivity index (χ4v) is 1.34. The van der Waals surface area contributed by atoms with Crippen LogP contribution in [-0.2, 0) is 11.3 Å². The molecule has 14 heavy (non-hydrogen) atoms. The number of rotatable bonds is 6. The van der Waals surface area contributed by atoms with Gasteiger partial charge >= 0.3 is 0 Å². The van der Waals surface area contributed by atoms with Gasteiger partial charge in [0.15, 0.2) is 0 Å². The van der Waals surface area contributed by atoms with Crippen LogP contribution in [-0.4, -0.2) is 30.0 Å². The molecule has 80 valence electrons. The molecule has 1 aromatic rings. The minimum atomic E-state index is 0.421. The second-order valence-electron chi connectivity index (χ2n) is 3.53. The minimum absolute atomic E-state index is 0.421. The van der Waals surface area contributed by atoms with Gasteiger partial charge in [0.2, 0.25) is 0 Å². The SMILES string of the molecule is COCCNCc1ccnn1C(C)C. The Morgan fingerprint density at radius 3 is 3.00 bits per heavy atom. The van der Waals surface area contributed by atoms with Crippen LogP contribution in [0.2, 0.25) is 0 Å². The largest absolute Gasteiger partial charge is 0.383 e. The number of nitrogens with one attached hydrogen (secondary N) is 1. The van der Waals surface area contributed by atoms with Crippen LogP contribution in [0.5, 0.6) is 0 Å². The molecule has 1 N–H and O–H groups in total. The molecule has 0 aromatic carbocycles. The summed E-state index contributed by atoms with van der Waals surface area (Å²) < 4.78 is 6.98. The van der Waals surface area contributed by atoms with Crippen molar-refractivity contribution in [1.82, 2.24) is 15.1 Å². The molecule has 4 heteroatoms. The van der Waals surface area contributed by atoms with E-state index < -0.39 is 0 Å². The first-order valence-electron chi connectivity index (χ1n) is 4.97. The predicted molar refractivity (Wildman–Crippen MR) is 56.2 cm³/mol. The van der Waals surface area contributed by atoms with Gasteiger partial charge in [-0.25, -0.2) is 0 Å². The third-order valence-electron chi connectivity index (χ3n) is 2.03. The molecular weight excluding hydrogens is 178 g/mol. The molecule has 1 heterocycles. The van der Waals surface area contributed by atoms with E-state index in [0.29, 0.717) is 6.04 Å². The van der Waals surface area contributed by atoms with Crippen molar-refractivity contribution in [3.63, 3.8) is 0 Å². The zero-order valence-electron chi connectivity index (χ0n) is 9.16. The summed E-state index contributed by atoms with van der Waals surface area (Å²) in [5.41, 5.74) is 1.22. The first-order valence-corrected chi connectivity index (χ1v) is 4.97. The van der Waals surface area contributed by atoms with E-state index >= 15 is 0 Å². The molecule has 0 aliphatic rings. The fraction of sp³-hybridized carbons (Fsp3) is 0.700. The molecule has 0 atom stereocenters. The highest BCUT2D eigenvalue weighted by atomic mass is 16.5. The summed E-state index contributed by atoms with van der Waals surface area (Å²) in [5, 5.41) is 7.56. The van der Waals surface area contributed by atoms with Crippen molar-refractivity contribution in [2.75, 3.05) is 20.3 Å². The van der Waals surface area contributed by atoms with Gasteiger partial charge in [-0.05, 0) is 19.9 Å². The lowest BCUT2D eigenvalue weighted by atomic mass is 10.3. The van der Waals surface area contributed by atoms with Gasteiger partial charge in [0, 0.05) is 32.4 Å². The normalized spacial score (nSPS) is 11.1. The number of nitrogens with zero attached hydrogens (tertiary/aromatic N) is 2. The van der Waals surface area contributed by atoms with E-state index in [-0.39, 0.29) is 0 Å². The Bertz CT molecular complexity index is 258. The van der Waals surface area contributed by atoms with Gasteiger partial charge in [-0.1, -0.05) is 0 Å². The molecule has 1 rings (SSSR count). The van der Waals surface area contributed by atoms with E-state index in [1.54, 1.807) is 7.11 Å². The summed E-state index contributed by atoms with van der Waals surface area (Å²) >= 11 is 0. The van der Waals surface area contributed by atoms with Crippen LogP contribution in [0.3, 0.4) is 0 Å². The average molecular weight is 197 g/mol. The molecule has 0 unspecified atom stereocenters. The van der Waals surface area contributed by atoms with Gasteiger partial charge in [-0.2, -0.15) is 5.10 Å². The molecule has 0 saturated heterocycles. The molecule has 0 radical (unpaired) electrons. The Morgan fingerprint density at radius 2 is 2.36 bits per heavy atom. The average Bonchev–Trinajstić information content (AvgIpc) is 2.60. The summed E-state index contributed by atoms with van der Waals surface area (Å²) in [7, 11) is 1.71. The summed E-state index contributed by atoms with van der Waals surface area (Å²) in [5.74, 6) is 0. The van der Waals surface area contributed by atoms with Crippen LogP contribution in [0.1, 0.15) is 25.6 Å². The summed E-state index contributed by atoms with van der Waals surface area (Å²) in [6.07, 6.45) is 1.84. The maximum atomic E-state index is 4.95. The zero-order chi connectivity index (χ0) is 10.4. The van der Waals surface area contributed by atoms with Crippen LogP contribution in [0.15, 0.2) is 12.3 Å². The van der Waals surface area contributed by atoms with E-state index in [1.165, 1.54) is 5.69 Å². The van der Waals surface area contributed by atoms with Crippen LogP contribution in [0.4, 0.5) is 0 Å². The minimum Gasteiger partial charge on any atom is -0.383 e. The monoisotopic (exact) mass is 197 g/mol. The molecule has 4 nitrogen and oxygen atoms in total. The highest BCUT2D eigenvalue weighted by Crippen LogP contribution is 2.06. The van der Waals surface area contributed by atoms with Gasteiger partial charge in [-0.3, -0.25) is 4.68 Å². The van der Waals surface area contributed by atoms with Crippen molar-refractivity contribution in [3.8, 4) is 0 Å². The van der Waals surface area contributed by atoms with Crippen molar-refractivity contribution in [2.45, 2.75) is 26.4 Å². The molecule has 0 aliphatic heterocycles. The quantitative estimate of drug-likeness (QED) is 0.696. The highest BCUT2D eigenvalue weighted by molar-refractivity contribution is 5.00. The van der Waals surface area contributed by atoms with Crippen LogP contribution in [0, 0.1) is 0 Å². The Kier molecular flexibility index (Phi) is 4.62. The number of hydrogen-bond acceptors (Lipinski definition) is 3. The molecular formula is C10H19N3O. The van der Waals surface area contributed by atoms with Gasteiger partial charge in [0.05, 0.1) is 12.3 Å². The number of aromatic nitrogens is 2. The lowest BCUT2D eigenvalue weighted by molar-refractivity contribution is 0.199. The van der Waals surface area contributed by atoms with Gasteiger partial charge in [-0.15, -0.1) is 0 Å². The third-order valence-corrected chi connectivity index (χ3v) is 2.03. The smallest absolute Gasteiger partial charge is 0.0587 e. The maximum absolute atomic E-state index is 4.95. The van der Waals surface area contributed by atoms with E-state index in [9.17, 15) is 0 Å². The Balaban J connectivity index is 2.38. The third kappa shape index (κ3) is 3.12. The molecule has 0 fully saturated rings. The van der Waals surface area contributed by atoms with Gasteiger partial charge in [0.25, 0.3) is 0 Å². The topological polar surface area (TPSA) is 39.1 Å². The second kappa shape index (κ2) is 5.78. The molecule has 0 aliphatic carbocycles. The Morgan fingerprint density at radius 1 is 1.57 bits per heavy atom. The van der Waals surface area contributed by atoms with Crippen LogP contribution >= 0.6 is 0 Å². The van der Waals surface area contributed by atoms with Crippen LogP contribution < -0.4 is 5.32 Å². The predicted octanol–water partition coefficient (Wildman–Crippen LogP) is 1.20. The summed E-state index contributed by atoms with van der Waals surface area (Å²) in [6.45, 7) is 6.73. The van der Waals surface area contributed by atoms with E-state index in [0.717, 1.165) is 19.7 Å². The molecule has 0 saturated carbocycles. The fourth-order valence-electron chi connectivity index (χ4n) is 1.34. The molecule has 0 amide bonds. The first-order chi connectivity index (χ1) is 6.75.